The molecular formula is C13H12ClN3O. The fourth-order valence-electron chi connectivity index (χ4n) is 2.17. The Bertz CT molecular complexity index is 567. The Labute approximate surface area is 110 Å². The first-order valence-corrected chi connectivity index (χ1v) is 6.22. The first-order valence-electron chi connectivity index (χ1n) is 5.78. The number of H-pyrrole nitrogens is 1. The van der Waals surface area contributed by atoms with E-state index in [9.17, 15) is 4.79 Å². The SMILES string of the molecule is O=C1CC(Cl)CN1c1cccc(-c2ccn[nH]2)c1. The van der Waals surface area contributed by atoms with Crippen molar-refractivity contribution in [2.24, 2.45) is 0 Å². The third-order valence-electron chi connectivity index (χ3n) is 3.05. The number of aromatic nitrogens is 2. The number of carbonyl (C=O) groups is 1. The molecule has 1 unspecified atom stereocenters. The average Bonchev–Trinajstić information content (AvgIpc) is 2.99. The highest BCUT2D eigenvalue weighted by Crippen LogP contribution is 2.27. The normalized spacial score (nSPS) is 19.5. The zero-order valence-corrected chi connectivity index (χ0v) is 10.4. The Hall–Kier alpha value is -1.81. The number of hydrogen-bond acceptors (Lipinski definition) is 2. The van der Waals surface area contributed by atoms with Gasteiger partial charge in [0.2, 0.25) is 5.91 Å². The smallest absolute Gasteiger partial charge is 0.228 e. The predicted molar refractivity (Wildman–Crippen MR) is 70.6 cm³/mol. The second kappa shape index (κ2) is 4.46. The van der Waals surface area contributed by atoms with Crippen LogP contribution in [0.4, 0.5) is 5.69 Å². The lowest BCUT2D eigenvalue weighted by Gasteiger charge is -2.16. The van der Waals surface area contributed by atoms with Crippen molar-refractivity contribution in [3.05, 3.63) is 36.5 Å². The minimum Gasteiger partial charge on any atom is -0.311 e. The molecule has 0 aliphatic carbocycles. The molecule has 1 aliphatic rings. The van der Waals surface area contributed by atoms with E-state index in [1.165, 1.54) is 0 Å². The van der Waals surface area contributed by atoms with Gasteiger partial charge in [0.1, 0.15) is 0 Å². The van der Waals surface area contributed by atoms with Crippen molar-refractivity contribution in [2.75, 3.05) is 11.4 Å². The lowest BCUT2D eigenvalue weighted by molar-refractivity contribution is -0.117. The molecule has 1 aromatic heterocycles. The lowest BCUT2D eigenvalue weighted by atomic mass is 10.1. The van der Waals surface area contributed by atoms with Gasteiger partial charge in [0, 0.05) is 30.4 Å². The summed E-state index contributed by atoms with van der Waals surface area (Å²) in [6.07, 6.45) is 2.12. The summed E-state index contributed by atoms with van der Waals surface area (Å²) in [4.78, 5) is 13.5. The first kappa shape index (κ1) is 11.3. The molecule has 5 heteroatoms. The van der Waals surface area contributed by atoms with Crippen molar-refractivity contribution in [3.63, 3.8) is 0 Å². The van der Waals surface area contributed by atoms with Gasteiger partial charge in [-0.25, -0.2) is 0 Å². The summed E-state index contributed by atoms with van der Waals surface area (Å²) in [5.74, 6) is 0.0803. The van der Waals surface area contributed by atoms with Gasteiger partial charge in [-0.15, -0.1) is 11.6 Å². The molecule has 2 heterocycles. The van der Waals surface area contributed by atoms with Crippen molar-refractivity contribution in [3.8, 4) is 11.3 Å². The molecule has 0 bridgehead atoms. The topological polar surface area (TPSA) is 49.0 Å². The molecule has 1 fully saturated rings. The van der Waals surface area contributed by atoms with Gasteiger partial charge < -0.3 is 4.90 Å². The van der Waals surface area contributed by atoms with Crippen LogP contribution in [0.3, 0.4) is 0 Å². The molecule has 4 nitrogen and oxygen atoms in total. The Morgan fingerprint density at radius 1 is 1.39 bits per heavy atom. The van der Waals surface area contributed by atoms with E-state index in [2.05, 4.69) is 10.2 Å². The number of carbonyl (C=O) groups excluding carboxylic acids is 1. The predicted octanol–water partition coefficient (Wildman–Crippen LogP) is 2.42. The van der Waals surface area contributed by atoms with Crippen LogP contribution in [-0.4, -0.2) is 28.0 Å². The fourth-order valence-corrected chi connectivity index (χ4v) is 2.44. The maximum Gasteiger partial charge on any atom is 0.228 e. The second-order valence-corrected chi connectivity index (χ2v) is 4.94. The molecule has 0 spiro atoms. The number of rotatable bonds is 2. The van der Waals surface area contributed by atoms with Gasteiger partial charge in [-0.05, 0) is 18.2 Å². The second-order valence-electron chi connectivity index (χ2n) is 4.33. The number of benzene rings is 1. The number of nitrogens with zero attached hydrogens (tertiary/aromatic N) is 2. The molecule has 18 heavy (non-hydrogen) atoms. The van der Waals surface area contributed by atoms with Gasteiger partial charge in [0.15, 0.2) is 0 Å². The van der Waals surface area contributed by atoms with Crippen molar-refractivity contribution >= 4 is 23.2 Å². The molecule has 1 aliphatic heterocycles. The van der Waals surface area contributed by atoms with E-state index in [-0.39, 0.29) is 11.3 Å². The molecule has 0 saturated carbocycles. The summed E-state index contributed by atoms with van der Waals surface area (Å²) in [6, 6.07) is 9.71. The highest BCUT2D eigenvalue weighted by atomic mass is 35.5. The molecule has 2 aromatic rings. The molecule has 92 valence electrons. The summed E-state index contributed by atoms with van der Waals surface area (Å²) in [7, 11) is 0. The highest BCUT2D eigenvalue weighted by molar-refractivity contribution is 6.24. The molecule has 1 atom stereocenters. The van der Waals surface area contributed by atoms with Crippen LogP contribution in [0.1, 0.15) is 6.42 Å². The number of hydrogen-bond donors (Lipinski definition) is 1. The molecule has 1 amide bonds. The zero-order valence-electron chi connectivity index (χ0n) is 9.64. The summed E-state index contributed by atoms with van der Waals surface area (Å²) in [5, 5.41) is 6.75. The van der Waals surface area contributed by atoms with Crippen LogP contribution in [0.2, 0.25) is 0 Å². The molecule has 0 radical (unpaired) electrons. The average molecular weight is 262 g/mol. The maximum atomic E-state index is 11.8. The molecule has 1 N–H and O–H groups in total. The van der Waals surface area contributed by atoms with E-state index in [0.29, 0.717) is 13.0 Å². The summed E-state index contributed by atoms with van der Waals surface area (Å²) < 4.78 is 0. The monoisotopic (exact) mass is 261 g/mol. The van der Waals surface area contributed by atoms with Crippen molar-refractivity contribution in [2.45, 2.75) is 11.8 Å². The molecule has 3 rings (SSSR count). The van der Waals surface area contributed by atoms with Crippen LogP contribution in [-0.2, 0) is 4.79 Å². The van der Waals surface area contributed by atoms with Crippen LogP contribution in [0.25, 0.3) is 11.3 Å². The van der Waals surface area contributed by atoms with Crippen molar-refractivity contribution in [1.82, 2.24) is 10.2 Å². The third kappa shape index (κ3) is 1.99. The van der Waals surface area contributed by atoms with Gasteiger partial charge in [0.05, 0.1) is 11.1 Å². The van der Waals surface area contributed by atoms with Crippen LogP contribution < -0.4 is 4.90 Å². The minimum absolute atomic E-state index is 0.0803. The number of amides is 1. The van der Waals surface area contributed by atoms with Gasteiger partial charge in [-0.2, -0.15) is 5.10 Å². The van der Waals surface area contributed by atoms with E-state index >= 15 is 0 Å². The van der Waals surface area contributed by atoms with Gasteiger partial charge in [-0.1, -0.05) is 12.1 Å². The molecule has 1 saturated heterocycles. The van der Waals surface area contributed by atoms with Gasteiger partial charge >= 0.3 is 0 Å². The highest BCUT2D eigenvalue weighted by Gasteiger charge is 2.29. The quantitative estimate of drug-likeness (QED) is 0.844. The zero-order chi connectivity index (χ0) is 12.5. The number of aromatic amines is 1. The number of alkyl halides is 1. The lowest BCUT2D eigenvalue weighted by Crippen LogP contribution is -2.24. The summed E-state index contributed by atoms with van der Waals surface area (Å²) >= 11 is 6.01. The van der Waals surface area contributed by atoms with Crippen LogP contribution in [0, 0.1) is 0 Å². The third-order valence-corrected chi connectivity index (χ3v) is 3.34. The first-order chi connectivity index (χ1) is 8.74. The van der Waals surface area contributed by atoms with E-state index < -0.39 is 0 Å². The number of nitrogens with one attached hydrogen (secondary N) is 1. The Morgan fingerprint density at radius 3 is 2.94 bits per heavy atom. The standard InChI is InChI=1S/C13H12ClN3O/c14-10-7-13(18)17(8-10)11-3-1-2-9(6-11)12-4-5-15-16-12/h1-6,10H,7-8H2,(H,15,16). The Balaban J connectivity index is 1.94. The van der Waals surface area contributed by atoms with Crippen LogP contribution in [0.15, 0.2) is 36.5 Å². The van der Waals surface area contributed by atoms with Gasteiger partial charge in [0.25, 0.3) is 0 Å². The van der Waals surface area contributed by atoms with E-state index in [1.54, 1.807) is 11.1 Å². The Kier molecular flexibility index (Phi) is 2.80. The number of halogens is 1. The molecular weight excluding hydrogens is 250 g/mol. The van der Waals surface area contributed by atoms with E-state index in [0.717, 1.165) is 16.9 Å². The summed E-state index contributed by atoms with van der Waals surface area (Å²) in [6.45, 7) is 0.576. The minimum atomic E-state index is -0.0895. The van der Waals surface area contributed by atoms with E-state index in [4.69, 9.17) is 11.6 Å². The van der Waals surface area contributed by atoms with E-state index in [1.807, 2.05) is 30.3 Å². The molecule has 1 aromatic carbocycles. The van der Waals surface area contributed by atoms with Crippen molar-refractivity contribution in [1.29, 1.82) is 0 Å². The fraction of sp³-hybridized carbons (Fsp3) is 0.231. The van der Waals surface area contributed by atoms with Crippen molar-refractivity contribution < 1.29 is 4.79 Å². The van der Waals surface area contributed by atoms with Crippen LogP contribution >= 0.6 is 11.6 Å². The maximum absolute atomic E-state index is 11.8. The van der Waals surface area contributed by atoms with Gasteiger partial charge in [-0.3, -0.25) is 9.89 Å². The Morgan fingerprint density at radius 2 is 2.28 bits per heavy atom. The summed E-state index contributed by atoms with van der Waals surface area (Å²) in [5.41, 5.74) is 2.83. The largest absolute Gasteiger partial charge is 0.311 e. The number of anilines is 1. The van der Waals surface area contributed by atoms with Crippen LogP contribution in [0.5, 0.6) is 0 Å².